The number of benzene rings is 2. The first-order valence-electron chi connectivity index (χ1n) is 13.0. The van der Waals surface area contributed by atoms with Crippen LogP contribution in [0.4, 0.5) is 17.6 Å². The Bertz CT molecular complexity index is 1610. The molecule has 0 spiro atoms. The van der Waals surface area contributed by atoms with Gasteiger partial charge < -0.3 is 9.73 Å². The SMILES string of the molecule is Cc1cc(C(NC(=O)c2cc(Cn3ccoc3=N)cc(-c3cn(C(C)C)nc3C(F)(F)F)c2)C2CC2)ccc1F. The number of aryl methyl sites for hydroxylation is 1. The molecule has 210 valence electrons. The first-order valence-corrected chi connectivity index (χ1v) is 13.0. The summed E-state index contributed by atoms with van der Waals surface area (Å²) in [7, 11) is 0. The lowest BCUT2D eigenvalue weighted by Crippen LogP contribution is -2.30. The van der Waals surface area contributed by atoms with Crippen molar-refractivity contribution in [1.29, 1.82) is 5.41 Å². The van der Waals surface area contributed by atoms with Crippen LogP contribution in [0.15, 0.2) is 59.5 Å². The van der Waals surface area contributed by atoms with Crippen LogP contribution in [0.25, 0.3) is 11.1 Å². The minimum absolute atomic E-state index is 0.104. The van der Waals surface area contributed by atoms with E-state index in [1.165, 1.54) is 40.0 Å². The third-order valence-corrected chi connectivity index (χ3v) is 7.05. The number of rotatable bonds is 8. The molecule has 7 nitrogen and oxygen atoms in total. The molecule has 1 unspecified atom stereocenters. The molecule has 0 saturated heterocycles. The van der Waals surface area contributed by atoms with Crippen molar-refractivity contribution >= 4 is 5.91 Å². The van der Waals surface area contributed by atoms with Crippen LogP contribution in [0.2, 0.25) is 0 Å². The van der Waals surface area contributed by atoms with Gasteiger partial charge in [0.25, 0.3) is 11.6 Å². The maximum absolute atomic E-state index is 14.0. The van der Waals surface area contributed by atoms with E-state index in [2.05, 4.69) is 10.4 Å². The normalized spacial score (nSPS) is 14.5. The Morgan fingerprint density at radius 3 is 2.55 bits per heavy atom. The summed E-state index contributed by atoms with van der Waals surface area (Å²) in [5.74, 6) is -0.616. The average molecular weight is 556 g/mol. The fraction of sp³-hybridized carbons (Fsp3) is 0.345. The fourth-order valence-corrected chi connectivity index (χ4v) is 4.76. The third kappa shape index (κ3) is 5.73. The molecule has 11 heteroatoms. The molecule has 1 aliphatic carbocycles. The van der Waals surface area contributed by atoms with Crippen molar-refractivity contribution in [2.75, 3.05) is 0 Å². The van der Waals surface area contributed by atoms with E-state index >= 15 is 0 Å². The van der Waals surface area contributed by atoms with Gasteiger partial charge in [0.05, 0.1) is 12.6 Å². The molecular formula is C29H29F4N5O2. The minimum Gasteiger partial charge on any atom is -0.432 e. The van der Waals surface area contributed by atoms with Crippen LogP contribution in [0.3, 0.4) is 0 Å². The Balaban J connectivity index is 1.57. The Hall–Kier alpha value is -4.15. The largest absolute Gasteiger partial charge is 0.435 e. The lowest BCUT2D eigenvalue weighted by atomic mass is 9.97. The summed E-state index contributed by atoms with van der Waals surface area (Å²) in [6, 6.07) is 8.64. The van der Waals surface area contributed by atoms with Crippen molar-refractivity contribution in [3.63, 3.8) is 0 Å². The lowest BCUT2D eigenvalue weighted by Gasteiger charge is -2.20. The van der Waals surface area contributed by atoms with E-state index in [1.54, 1.807) is 45.0 Å². The van der Waals surface area contributed by atoms with Gasteiger partial charge in [0.1, 0.15) is 12.1 Å². The Labute approximate surface area is 228 Å². The van der Waals surface area contributed by atoms with Gasteiger partial charge in [-0.25, -0.2) is 4.39 Å². The predicted molar refractivity (Wildman–Crippen MR) is 139 cm³/mol. The number of hydrogen-bond acceptors (Lipinski definition) is 4. The van der Waals surface area contributed by atoms with E-state index in [1.807, 2.05) is 0 Å². The van der Waals surface area contributed by atoms with Crippen molar-refractivity contribution in [1.82, 2.24) is 19.7 Å². The van der Waals surface area contributed by atoms with Gasteiger partial charge in [-0.15, -0.1) is 0 Å². The average Bonchev–Trinajstić information content (AvgIpc) is 3.48. The van der Waals surface area contributed by atoms with Crippen LogP contribution in [0, 0.1) is 24.1 Å². The second kappa shape index (κ2) is 10.4. The predicted octanol–water partition coefficient (Wildman–Crippen LogP) is 6.40. The van der Waals surface area contributed by atoms with Crippen LogP contribution < -0.4 is 11.0 Å². The van der Waals surface area contributed by atoms with Crippen molar-refractivity contribution in [2.24, 2.45) is 5.92 Å². The maximum Gasteiger partial charge on any atom is 0.435 e. The molecule has 0 bridgehead atoms. The number of nitrogens with one attached hydrogen (secondary N) is 2. The van der Waals surface area contributed by atoms with Gasteiger partial charge in [-0.2, -0.15) is 18.3 Å². The molecule has 40 heavy (non-hydrogen) atoms. The van der Waals surface area contributed by atoms with Crippen LogP contribution >= 0.6 is 0 Å². The van der Waals surface area contributed by atoms with Crippen molar-refractivity contribution in [3.05, 3.63) is 94.5 Å². The summed E-state index contributed by atoms with van der Waals surface area (Å²) >= 11 is 0. The monoisotopic (exact) mass is 555 g/mol. The number of carbonyl (C=O) groups excluding carboxylic acids is 1. The summed E-state index contributed by atoms with van der Waals surface area (Å²) in [5.41, 5.74) is 0.765. The Morgan fingerprint density at radius 2 is 1.95 bits per heavy atom. The smallest absolute Gasteiger partial charge is 0.432 e. The number of oxazole rings is 1. The molecule has 2 aromatic heterocycles. The molecule has 0 radical (unpaired) electrons. The number of amides is 1. The van der Waals surface area contributed by atoms with E-state index in [9.17, 15) is 22.4 Å². The molecule has 1 saturated carbocycles. The molecule has 1 atom stereocenters. The van der Waals surface area contributed by atoms with Crippen molar-refractivity contribution in [3.8, 4) is 11.1 Å². The molecule has 5 rings (SSSR count). The zero-order valence-electron chi connectivity index (χ0n) is 22.2. The zero-order valence-corrected chi connectivity index (χ0v) is 22.2. The van der Waals surface area contributed by atoms with Gasteiger partial charge >= 0.3 is 6.18 Å². The highest BCUT2D eigenvalue weighted by Crippen LogP contribution is 2.42. The molecule has 2 N–H and O–H groups in total. The van der Waals surface area contributed by atoms with Gasteiger partial charge in [0.2, 0.25) is 0 Å². The van der Waals surface area contributed by atoms with Crippen LogP contribution in [0.1, 0.15) is 71.5 Å². The number of alkyl halides is 3. The van der Waals surface area contributed by atoms with Gasteiger partial charge in [0.15, 0.2) is 5.69 Å². The fourth-order valence-electron chi connectivity index (χ4n) is 4.76. The van der Waals surface area contributed by atoms with E-state index < -0.39 is 17.8 Å². The Morgan fingerprint density at radius 1 is 1.20 bits per heavy atom. The number of hydrogen-bond donors (Lipinski definition) is 2. The zero-order chi connectivity index (χ0) is 28.8. The molecule has 2 aromatic carbocycles. The van der Waals surface area contributed by atoms with Gasteiger partial charge in [-0.3, -0.25) is 19.5 Å². The van der Waals surface area contributed by atoms with Crippen molar-refractivity contribution < 1.29 is 26.8 Å². The highest BCUT2D eigenvalue weighted by atomic mass is 19.4. The Kier molecular flexibility index (Phi) is 7.16. The number of aromatic nitrogens is 3. The summed E-state index contributed by atoms with van der Waals surface area (Å²) < 4.78 is 63.7. The first-order chi connectivity index (χ1) is 18.9. The van der Waals surface area contributed by atoms with Gasteiger partial charge in [-0.1, -0.05) is 12.1 Å². The molecule has 1 amide bonds. The maximum atomic E-state index is 14.0. The van der Waals surface area contributed by atoms with E-state index in [0.29, 0.717) is 11.1 Å². The van der Waals surface area contributed by atoms with E-state index in [0.717, 1.165) is 18.4 Å². The molecule has 1 fully saturated rings. The summed E-state index contributed by atoms with van der Waals surface area (Å²) in [6.07, 6.45) is 1.30. The van der Waals surface area contributed by atoms with Gasteiger partial charge in [0, 0.05) is 29.6 Å². The highest BCUT2D eigenvalue weighted by Gasteiger charge is 2.38. The molecule has 2 heterocycles. The standard InChI is InChI=1S/C29H29F4N5O2/c1-16(2)38-15-23(26(36-38)29(31,32)33)21-11-18(14-37-8-9-40-28(37)34)12-22(13-21)27(39)35-25(19-4-5-19)20-6-7-24(30)17(3)10-20/h6-13,15-16,19,25,34H,4-5,14H2,1-3H3,(H,35,39). The van der Waals surface area contributed by atoms with Crippen LogP contribution in [-0.2, 0) is 12.7 Å². The third-order valence-electron chi connectivity index (χ3n) is 7.05. The minimum atomic E-state index is -4.71. The number of nitrogens with zero attached hydrogens (tertiary/aromatic N) is 3. The quantitative estimate of drug-likeness (QED) is 0.247. The molecule has 1 aliphatic rings. The summed E-state index contributed by atoms with van der Waals surface area (Å²) in [4.78, 5) is 13.6. The molecule has 0 aliphatic heterocycles. The number of halogens is 4. The second-order valence-electron chi connectivity index (χ2n) is 10.5. The van der Waals surface area contributed by atoms with Gasteiger partial charge in [-0.05, 0) is 86.1 Å². The topological polar surface area (TPSA) is 88.8 Å². The molecule has 4 aromatic rings. The van der Waals surface area contributed by atoms with Crippen molar-refractivity contribution in [2.45, 2.75) is 58.4 Å². The highest BCUT2D eigenvalue weighted by molar-refractivity contribution is 5.96. The lowest BCUT2D eigenvalue weighted by molar-refractivity contribution is -0.141. The summed E-state index contributed by atoms with van der Waals surface area (Å²) in [6.45, 7) is 5.22. The van der Waals surface area contributed by atoms with Crippen LogP contribution in [-0.4, -0.2) is 20.3 Å². The summed E-state index contributed by atoms with van der Waals surface area (Å²) in [5, 5.41) is 14.8. The first kappa shape index (κ1) is 27.4. The van der Waals surface area contributed by atoms with E-state index in [-0.39, 0.29) is 52.7 Å². The second-order valence-corrected chi connectivity index (χ2v) is 10.5. The van der Waals surface area contributed by atoms with E-state index in [4.69, 9.17) is 9.83 Å². The number of carbonyl (C=O) groups is 1. The molecular weight excluding hydrogens is 526 g/mol. The van der Waals surface area contributed by atoms with Crippen LogP contribution in [0.5, 0.6) is 0 Å².